The van der Waals surface area contributed by atoms with Crippen LogP contribution in [0.2, 0.25) is 0 Å². The fraction of sp³-hybridized carbons (Fsp3) is 0.263. The third-order valence-corrected chi connectivity index (χ3v) is 3.76. The summed E-state index contributed by atoms with van der Waals surface area (Å²) >= 11 is 0. The highest BCUT2D eigenvalue weighted by atomic mass is 16.5. The van der Waals surface area contributed by atoms with E-state index in [0.29, 0.717) is 12.5 Å². The number of benzene rings is 2. The molecule has 0 aliphatic heterocycles. The summed E-state index contributed by atoms with van der Waals surface area (Å²) in [6.45, 7) is 4.83. The zero-order chi connectivity index (χ0) is 13.9. The molecule has 3 rings (SSSR count). The molecule has 0 N–H and O–H groups in total. The van der Waals surface area contributed by atoms with Gasteiger partial charge < -0.3 is 4.74 Å². The van der Waals surface area contributed by atoms with Crippen LogP contribution in [0, 0.1) is 0 Å². The minimum absolute atomic E-state index is 0.259. The van der Waals surface area contributed by atoms with Crippen molar-refractivity contribution in [2.75, 3.05) is 0 Å². The Bertz CT molecular complexity index is 625. The molecule has 20 heavy (non-hydrogen) atoms. The molecule has 1 atom stereocenters. The Kier molecular flexibility index (Phi) is 3.70. The first-order valence-corrected chi connectivity index (χ1v) is 7.22. The van der Waals surface area contributed by atoms with Crippen molar-refractivity contribution in [3.05, 3.63) is 76.9 Å². The second kappa shape index (κ2) is 5.64. The second-order valence-corrected chi connectivity index (χ2v) is 5.52. The van der Waals surface area contributed by atoms with E-state index in [1.165, 1.54) is 22.3 Å². The Labute approximate surface area is 120 Å². The number of hydrogen-bond donors (Lipinski definition) is 0. The van der Waals surface area contributed by atoms with Crippen LogP contribution in [0.25, 0.3) is 6.08 Å². The molecule has 2 aromatic carbocycles. The molecule has 2 aromatic rings. The second-order valence-electron chi connectivity index (χ2n) is 5.52. The first-order chi connectivity index (χ1) is 9.75. The first kappa shape index (κ1) is 13.1. The van der Waals surface area contributed by atoms with E-state index in [0.717, 1.165) is 0 Å². The van der Waals surface area contributed by atoms with Crippen LogP contribution >= 0.6 is 0 Å². The van der Waals surface area contributed by atoms with Gasteiger partial charge in [-0.3, -0.25) is 0 Å². The van der Waals surface area contributed by atoms with Crippen molar-refractivity contribution in [2.24, 2.45) is 0 Å². The molecule has 0 amide bonds. The van der Waals surface area contributed by atoms with Gasteiger partial charge >= 0.3 is 0 Å². The molecule has 0 spiro atoms. The smallest absolute Gasteiger partial charge is 0.0723 e. The van der Waals surface area contributed by atoms with Gasteiger partial charge in [0.25, 0.3) is 0 Å². The number of ether oxygens (including phenoxy) is 1. The Morgan fingerprint density at radius 2 is 1.65 bits per heavy atom. The normalized spacial score (nSPS) is 16.6. The molecule has 0 radical (unpaired) electrons. The molecule has 0 saturated heterocycles. The van der Waals surface area contributed by atoms with Crippen molar-refractivity contribution in [1.82, 2.24) is 0 Å². The third-order valence-electron chi connectivity index (χ3n) is 3.76. The SMILES string of the molecule is CC(C)OCc1ccccc1C1C=Cc2ccccc21. The summed E-state index contributed by atoms with van der Waals surface area (Å²) in [5, 5.41) is 0. The van der Waals surface area contributed by atoms with Gasteiger partial charge in [-0.05, 0) is 36.1 Å². The summed E-state index contributed by atoms with van der Waals surface area (Å²) in [6.07, 6.45) is 4.77. The summed E-state index contributed by atoms with van der Waals surface area (Å²) in [6, 6.07) is 17.2. The zero-order valence-corrected chi connectivity index (χ0v) is 12.0. The van der Waals surface area contributed by atoms with Gasteiger partial charge in [0, 0.05) is 5.92 Å². The summed E-state index contributed by atoms with van der Waals surface area (Å²) in [5.74, 6) is 0.359. The summed E-state index contributed by atoms with van der Waals surface area (Å²) in [4.78, 5) is 0. The van der Waals surface area contributed by atoms with Crippen LogP contribution in [-0.2, 0) is 11.3 Å². The fourth-order valence-electron chi connectivity index (χ4n) is 2.75. The molecule has 0 fully saturated rings. The molecular weight excluding hydrogens is 244 g/mol. The largest absolute Gasteiger partial charge is 0.374 e. The summed E-state index contributed by atoms with van der Waals surface area (Å²) in [5.41, 5.74) is 5.36. The van der Waals surface area contributed by atoms with Crippen molar-refractivity contribution in [2.45, 2.75) is 32.5 Å². The van der Waals surface area contributed by atoms with E-state index < -0.39 is 0 Å². The average molecular weight is 264 g/mol. The van der Waals surface area contributed by atoms with Crippen LogP contribution in [0.15, 0.2) is 54.6 Å². The fourth-order valence-corrected chi connectivity index (χ4v) is 2.75. The molecular formula is C19H20O. The monoisotopic (exact) mass is 264 g/mol. The van der Waals surface area contributed by atoms with Crippen molar-refractivity contribution < 1.29 is 4.74 Å². The lowest BCUT2D eigenvalue weighted by Crippen LogP contribution is -2.06. The maximum Gasteiger partial charge on any atom is 0.0723 e. The molecule has 1 aliphatic rings. The minimum atomic E-state index is 0.259. The zero-order valence-electron chi connectivity index (χ0n) is 12.0. The number of fused-ring (bicyclic) bond motifs is 1. The molecule has 0 aromatic heterocycles. The van der Waals surface area contributed by atoms with Crippen LogP contribution in [-0.4, -0.2) is 6.10 Å². The van der Waals surface area contributed by atoms with E-state index in [1.54, 1.807) is 0 Å². The van der Waals surface area contributed by atoms with Gasteiger partial charge in [0.15, 0.2) is 0 Å². The van der Waals surface area contributed by atoms with Gasteiger partial charge in [-0.25, -0.2) is 0 Å². The van der Waals surface area contributed by atoms with Crippen molar-refractivity contribution in [3.8, 4) is 0 Å². The third kappa shape index (κ3) is 2.54. The predicted molar refractivity (Wildman–Crippen MR) is 83.7 cm³/mol. The van der Waals surface area contributed by atoms with E-state index in [-0.39, 0.29) is 6.10 Å². The van der Waals surface area contributed by atoms with Gasteiger partial charge in [-0.15, -0.1) is 0 Å². The Hall–Kier alpha value is -1.86. The number of allylic oxidation sites excluding steroid dienone is 1. The van der Waals surface area contributed by atoms with E-state index in [4.69, 9.17) is 4.74 Å². The van der Waals surface area contributed by atoms with E-state index in [9.17, 15) is 0 Å². The molecule has 1 nitrogen and oxygen atoms in total. The lowest BCUT2D eigenvalue weighted by molar-refractivity contribution is 0.0652. The van der Waals surface area contributed by atoms with Crippen LogP contribution < -0.4 is 0 Å². The van der Waals surface area contributed by atoms with Gasteiger partial charge in [0.1, 0.15) is 0 Å². The van der Waals surface area contributed by atoms with Crippen molar-refractivity contribution in [1.29, 1.82) is 0 Å². The highest BCUT2D eigenvalue weighted by Gasteiger charge is 2.20. The molecule has 1 aliphatic carbocycles. The standard InChI is InChI=1S/C19H20O/c1-14(2)20-13-16-8-4-6-10-18(16)19-12-11-15-7-3-5-9-17(15)19/h3-12,14,19H,13H2,1-2H3. The predicted octanol–water partition coefficient (Wildman–Crippen LogP) is 4.77. The highest BCUT2D eigenvalue weighted by molar-refractivity contribution is 5.65. The molecule has 0 bridgehead atoms. The maximum absolute atomic E-state index is 5.79. The molecule has 0 heterocycles. The van der Waals surface area contributed by atoms with Crippen LogP contribution in [0.5, 0.6) is 0 Å². The summed E-state index contributed by atoms with van der Waals surface area (Å²) in [7, 11) is 0. The van der Waals surface area contributed by atoms with Crippen LogP contribution in [0.4, 0.5) is 0 Å². The first-order valence-electron chi connectivity index (χ1n) is 7.22. The maximum atomic E-state index is 5.79. The van der Waals surface area contributed by atoms with Crippen LogP contribution in [0.3, 0.4) is 0 Å². The number of rotatable bonds is 4. The highest BCUT2D eigenvalue weighted by Crippen LogP contribution is 2.36. The molecule has 1 unspecified atom stereocenters. The van der Waals surface area contributed by atoms with E-state index in [2.05, 4.69) is 74.5 Å². The van der Waals surface area contributed by atoms with E-state index in [1.807, 2.05) is 0 Å². The van der Waals surface area contributed by atoms with Gasteiger partial charge in [-0.1, -0.05) is 60.7 Å². The lowest BCUT2D eigenvalue weighted by atomic mass is 9.90. The molecule has 1 heteroatoms. The van der Waals surface area contributed by atoms with Crippen molar-refractivity contribution >= 4 is 6.08 Å². The Balaban J connectivity index is 1.94. The number of hydrogen-bond acceptors (Lipinski definition) is 1. The molecule has 0 saturated carbocycles. The minimum Gasteiger partial charge on any atom is -0.374 e. The van der Waals surface area contributed by atoms with Crippen molar-refractivity contribution in [3.63, 3.8) is 0 Å². The quantitative estimate of drug-likeness (QED) is 0.773. The lowest BCUT2D eigenvalue weighted by Gasteiger charge is -2.17. The van der Waals surface area contributed by atoms with Crippen LogP contribution in [0.1, 0.15) is 42.0 Å². The average Bonchev–Trinajstić information content (AvgIpc) is 2.89. The van der Waals surface area contributed by atoms with Gasteiger partial charge in [0.05, 0.1) is 12.7 Å². The summed E-state index contributed by atoms with van der Waals surface area (Å²) < 4.78 is 5.79. The Morgan fingerprint density at radius 1 is 0.950 bits per heavy atom. The van der Waals surface area contributed by atoms with Gasteiger partial charge in [-0.2, -0.15) is 0 Å². The Morgan fingerprint density at radius 3 is 2.45 bits per heavy atom. The topological polar surface area (TPSA) is 9.23 Å². The molecule has 102 valence electrons. The van der Waals surface area contributed by atoms with E-state index >= 15 is 0 Å². The van der Waals surface area contributed by atoms with Gasteiger partial charge in [0.2, 0.25) is 0 Å².